The molecule has 1 amide bonds. The molecule has 2 heterocycles. The lowest BCUT2D eigenvalue weighted by molar-refractivity contribution is -0.118. The smallest absolute Gasteiger partial charge is 0.296 e. The van der Waals surface area contributed by atoms with E-state index in [1.54, 1.807) is 6.92 Å². The number of aryl methyl sites for hydroxylation is 1. The number of ketones is 1. The molecule has 1 aliphatic rings. The minimum Gasteiger partial charge on any atom is -0.503 e. The summed E-state index contributed by atoms with van der Waals surface area (Å²) < 4.78 is 0. The van der Waals surface area contributed by atoms with Gasteiger partial charge in [0.25, 0.3) is 5.91 Å². The number of para-hydroxylation sites is 2. The number of H-pyrrole nitrogens is 1. The van der Waals surface area contributed by atoms with Gasteiger partial charge in [0.2, 0.25) is 5.95 Å². The summed E-state index contributed by atoms with van der Waals surface area (Å²) in [6, 6.07) is 14.3. The van der Waals surface area contributed by atoms with Gasteiger partial charge in [0.15, 0.2) is 11.5 Å². The minimum atomic E-state index is -0.717. The molecule has 6 heteroatoms. The fourth-order valence-corrected chi connectivity index (χ4v) is 3.51. The molecule has 1 aromatic heterocycles. The van der Waals surface area contributed by atoms with Crippen molar-refractivity contribution in [1.29, 1.82) is 0 Å². The highest BCUT2D eigenvalue weighted by Gasteiger charge is 2.45. The summed E-state index contributed by atoms with van der Waals surface area (Å²) in [6.45, 7) is 3.65. The number of aliphatic hydroxyl groups excluding tert-OH is 1. The maximum atomic E-state index is 12.9. The van der Waals surface area contributed by atoms with E-state index in [0.717, 1.165) is 16.6 Å². The number of aliphatic hydroxyl groups is 1. The van der Waals surface area contributed by atoms with Crippen LogP contribution in [-0.4, -0.2) is 26.8 Å². The molecule has 0 radical (unpaired) electrons. The van der Waals surface area contributed by atoms with Crippen LogP contribution >= 0.6 is 0 Å². The van der Waals surface area contributed by atoms with E-state index < -0.39 is 17.7 Å². The topological polar surface area (TPSA) is 86.3 Å². The van der Waals surface area contributed by atoms with Crippen molar-refractivity contribution in [2.24, 2.45) is 0 Å². The van der Waals surface area contributed by atoms with Crippen molar-refractivity contribution in [1.82, 2.24) is 9.97 Å². The maximum absolute atomic E-state index is 12.9. The van der Waals surface area contributed by atoms with Crippen LogP contribution in [0, 0.1) is 6.92 Å². The number of fused-ring (bicyclic) bond motifs is 1. The molecule has 0 saturated heterocycles. The Morgan fingerprint density at radius 1 is 1.22 bits per heavy atom. The van der Waals surface area contributed by atoms with Gasteiger partial charge in [0.1, 0.15) is 0 Å². The Balaban J connectivity index is 1.91. The van der Waals surface area contributed by atoms with Gasteiger partial charge in [-0.3, -0.25) is 14.5 Å². The number of anilines is 1. The van der Waals surface area contributed by atoms with Gasteiger partial charge in [-0.15, -0.1) is 0 Å². The van der Waals surface area contributed by atoms with Crippen LogP contribution in [0.4, 0.5) is 5.95 Å². The second-order valence-electron chi connectivity index (χ2n) is 6.61. The fourth-order valence-electron chi connectivity index (χ4n) is 3.51. The fraction of sp³-hybridized carbons (Fsp3) is 0.190. The van der Waals surface area contributed by atoms with Gasteiger partial charge < -0.3 is 10.1 Å². The third kappa shape index (κ3) is 2.70. The number of carbonyl (C=O) groups excluding carboxylic acids is 2. The molecule has 3 aromatic rings. The first-order chi connectivity index (χ1) is 13.0. The Morgan fingerprint density at radius 3 is 2.70 bits per heavy atom. The summed E-state index contributed by atoms with van der Waals surface area (Å²) in [4.78, 5) is 34.4. The molecular formula is C21H19N3O3. The van der Waals surface area contributed by atoms with Gasteiger partial charge in [0, 0.05) is 6.42 Å². The second-order valence-corrected chi connectivity index (χ2v) is 6.61. The van der Waals surface area contributed by atoms with Crippen molar-refractivity contribution in [2.45, 2.75) is 26.3 Å². The van der Waals surface area contributed by atoms with Crippen LogP contribution in [-0.2, 0) is 9.59 Å². The summed E-state index contributed by atoms with van der Waals surface area (Å²) in [6.07, 6.45) is 0.197. The van der Waals surface area contributed by atoms with Crippen LogP contribution in [0.3, 0.4) is 0 Å². The van der Waals surface area contributed by atoms with Crippen LogP contribution in [0.25, 0.3) is 11.0 Å². The zero-order valence-electron chi connectivity index (χ0n) is 15.1. The zero-order valence-corrected chi connectivity index (χ0v) is 15.1. The largest absolute Gasteiger partial charge is 0.503 e. The highest BCUT2D eigenvalue weighted by molar-refractivity contribution is 6.16. The summed E-state index contributed by atoms with van der Waals surface area (Å²) in [7, 11) is 0. The van der Waals surface area contributed by atoms with Gasteiger partial charge in [0.05, 0.1) is 22.6 Å². The van der Waals surface area contributed by atoms with E-state index >= 15 is 0 Å². The van der Waals surface area contributed by atoms with Crippen LogP contribution in [0.2, 0.25) is 0 Å². The Morgan fingerprint density at radius 2 is 2.00 bits per heavy atom. The van der Waals surface area contributed by atoms with E-state index in [1.165, 1.54) is 4.90 Å². The molecule has 2 aromatic carbocycles. The Hall–Kier alpha value is -3.41. The number of rotatable bonds is 4. The predicted molar refractivity (Wildman–Crippen MR) is 102 cm³/mol. The van der Waals surface area contributed by atoms with Crippen LogP contribution in [0.15, 0.2) is 59.9 Å². The molecule has 2 N–H and O–H groups in total. The Bertz CT molecular complexity index is 1060. The van der Waals surface area contributed by atoms with E-state index in [2.05, 4.69) is 9.97 Å². The van der Waals surface area contributed by atoms with Gasteiger partial charge >= 0.3 is 0 Å². The molecule has 0 spiro atoms. The quantitative estimate of drug-likeness (QED) is 0.741. The maximum Gasteiger partial charge on any atom is 0.296 e. The first-order valence-electron chi connectivity index (χ1n) is 8.82. The van der Waals surface area contributed by atoms with Crippen molar-refractivity contribution in [3.63, 3.8) is 0 Å². The number of nitrogens with one attached hydrogen (secondary N) is 1. The van der Waals surface area contributed by atoms with E-state index in [0.29, 0.717) is 11.5 Å². The standard InChI is InChI=1S/C21H19N3O3/c1-3-16(25)17-18(13-8-6-7-12(2)11-13)24(20(27)19(17)26)21-22-14-9-4-5-10-15(14)23-21/h4-11,18,26H,3H2,1-2H3,(H,22,23). The molecule has 0 saturated carbocycles. The van der Waals surface area contributed by atoms with E-state index in [-0.39, 0.29) is 17.8 Å². The zero-order chi connectivity index (χ0) is 19.1. The molecule has 0 bridgehead atoms. The molecule has 27 heavy (non-hydrogen) atoms. The first-order valence-corrected chi connectivity index (χ1v) is 8.82. The lowest BCUT2D eigenvalue weighted by atomic mass is 9.94. The predicted octanol–water partition coefficient (Wildman–Crippen LogP) is 3.75. The molecule has 0 fully saturated rings. The molecule has 1 unspecified atom stereocenters. The number of benzene rings is 2. The SMILES string of the molecule is CCC(=O)C1=C(O)C(=O)N(c2nc3ccccc3[nH]2)C1c1cccc(C)c1. The molecule has 6 nitrogen and oxygen atoms in total. The van der Waals surface area contributed by atoms with Crippen LogP contribution in [0.5, 0.6) is 0 Å². The van der Waals surface area contributed by atoms with Crippen LogP contribution in [0.1, 0.15) is 30.5 Å². The van der Waals surface area contributed by atoms with Gasteiger partial charge in [-0.2, -0.15) is 0 Å². The van der Waals surface area contributed by atoms with Crippen molar-refractivity contribution in [3.05, 3.63) is 71.0 Å². The third-order valence-corrected chi connectivity index (χ3v) is 4.79. The lowest BCUT2D eigenvalue weighted by Gasteiger charge is -2.24. The Kier molecular flexibility index (Phi) is 4.03. The molecule has 1 atom stereocenters. The highest BCUT2D eigenvalue weighted by atomic mass is 16.3. The number of hydrogen-bond donors (Lipinski definition) is 2. The summed E-state index contributed by atoms with van der Waals surface area (Å²) in [5.41, 5.74) is 3.36. The van der Waals surface area contributed by atoms with Crippen molar-refractivity contribution in [3.8, 4) is 0 Å². The number of Topliss-reactive ketones (excluding diaryl/α,β-unsaturated/α-hetero) is 1. The van der Waals surface area contributed by atoms with Gasteiger partial charge in [-0.05, 0) is 24.6 Å². The van der Waals surface area contributed by atoms with Crippen molar-refractivity contribution in [2.75, 3.05) is 4.90 Å². The molecule has 1 aliphatic heterocycles. The number of carbonyl (C=O) groups is 2. The average molecular weight is 361 g/mol. The lowest BCUT2D eigenvalue weighted by Crippen LogP contribution is -2.32. The number of imidazole rings is 1. The second kappa shape index (κ2) is 6.39. The van der Waals surface area contributed by atoms with Gasteiger partial charge in [-0.1, -0.05) is 48.9 Å². The number of aromatic amines is 1. The number of aromatic nitrogens is 2. The van der Waals surface area contributed by atoms with E-state index in [9.17, 15) is 14.7 Å². The molecular weight excluding hydrogens is 342 g/mol. The summed E-state index contributed by atoms with van der Waals surface area (Å²) in [5, 5.41) is 10.5. The number of hydrogen-bond acceptors (Lipinski definition) is 4. The molecule has 136 valence electrons. The normalized spacial score (nSPS) is 17.2. The first kappa shape index (κ1) is 17.0. The van der Waals surface area contributed by atoms with E-state index in [4.69, 9.17) is 0 Å². The van der Waals surface area contributed by atoms with Crippen LogP contribution < -0.4 is 4.90 Å². The minimum absolute atomic E-state index is 0.119. The highest BCUT2D eigenvalue weighted by Crippen LogP contribution is 2.40. The van der Waals surface area contributed by atoms with Gasteiger partial charge in [-0.25, -0.2) is 4.98 Å². The van der Waals surface area contributed by atoms with Crippen molar-refractivity contribution >= 4 is 28.7 Å². The molecule has 0 aliphatic carbocycles. The monoisotopic (exact) mass is 361 g/mol. The molecule has 4 rings (SSSR count). The number of nitrogens with zero attached hydrogens (tertiary/aromatic N) is 2. The average Bonchev–Trinajstić information content (AvgIpc) is 3.20. The Labute approximate surface area is 156 Å². The third-order valence-electron chi connectivity index (χ3n) is 4.79. The summed E-state index contributed by atoms with van der Waals surface area (Å²) >= 11 is 0. The summed E-state index contributed by atoms with van der Waals surface area (Å²) in [5.74, 6) is -1.09. The van der Waals surface area contributed by atoms with E-state index in [1.807, 2.05) is 55.5 Å². The van der Waals surface area contributed by atoms with Crippen molar-refractivity contribution < 1.29 is 14.7 Å². The number of amides is 1.